The van der Waals surface area contributed by atoms with Crippen LogP contribution in [0.15, 0.2) is 18.2 Å². The van der Waals surface area contributed by atoms with Crippen molar-refractivity contribution in [3.63, 3.8) is 0 Å². The summed E-state index contributed by atoms with van der Waals surface area (Å²) in [7, 11) is -3.79. The van der Waals surface area contributed by atoms with Gasteiger partial charge >= 0.3 is 6.18 Å². The zero-order chi connectivity index (χ0) is 15.6. The maximum absolute atomic E-state index is 12.8. The first kappa shape index (κ1) is 16.8. The molecule has 1 aromatic rings. The maximum Gasteiger partial charge on any atom is 0.416 e. The molecule has 8 heteroatoms. The summed E-state index contributed by atoms with van der Waals surface area (Å²) in [5.74, 6) is 0. The number of rotatable bonds is 5. The smallest absolute Gasteiger partial charge is 0.329 e. The van der Waals surface area contributed by atoms with Crippen molar-refractivity contribution in [1.82, 2.24) is 0 Å². The average molecular weight is 310 g/mol. The Morgan fingerprint density at radius 2 is 1.95 bits per heavy atom. The first-order chi connectivity index (χ1) is 9.11. The molecule has 20 heavy (non-hydrogen) atoms. The molecule has 0 aliphatic rings. The van der Waals surface area contributed by atoms with Crippen molar-refractivity contribution in [2.24, 2.45) is 5.73 Å². The molecule has 0 radical (unpaired) electrons. The van der Waals surface area contributed by atoms with Gasteiger partial charge in [0.25, 0.3) is 0 Å². The molecule has 0 aromatic heterocycles. The van der Waals surface area contributed by atoms with E-state index in [0.29, 0.717) is 0 Å². The van der Waals surface area contributed by atoms with E-state index >= 15 is 0 Å². The summed E-state index contributed by atoms with van der Waals surface area (Å²) in [6.07, 6.45) is -4.24. The molecule has 0 bridgehead atoms. The fraction of sp³-hybridized carbons (Fsp3) is 0.500. The molecule has 0 heterocycles. The molecular weight excluding hydrogens is 293 g/mol. The molecule has 4 nitrogen and oxygen atoms in total. The van der Waals surface area contributed by atoms with Crippen molar-refractivity contribution in [2.75, 3.05) is 11.3 Å². The second-order valence-electron chi connectivity index (χ2n) is 4.44. The second-order valence-corrected chi connectivity index (χ2v) is 6.40. The predicted molar refractivity (Wildman–Crippen MR) is 71.9 cm³/mol. The van der Waals surface area contributed by atoms with Crippen LogP contribution < -0.4 is 10.5 Å². The Morgan fingerprint density at radius 1 is 1.35 bits per heavy atom. The minimum Gasteiger partial charge on any atom is -0.329 e. The Balaban J connectivity index is 3.12. The predicted octanol–water partition coefficient (Wildman–Crippen LogP) is 2.49. The lowest BCUT2D eigenvalue weighted by molar-refractivity contribution is -0.138. The first-order valence-corrected chi connectivity index (χ1v) is 7.56. The molecule has 1 rings (SSSR count). The van der Waals surface area contributed by atoms with Crippen molar-refractivity contribution in [3.8, 4) is 0 Å². The lowest BCUT2D eigenvalue weighted by atomic mass is 10.1. The number of halogens is 3. The number of aryl methyl sites for hydroxylation is 1. The van der Waals surface area contributed by atoms with Gasteiger partial charge in [-0.3, -0.25) is 4.72 Å². The molecule has 1 aromatic carbocycles. The van der Waals surface area contributed by atoms with E-state index in [4.69, 9.17) is 5.73 Å². The van der Waals surface area contributed by atoms with Gasteiger partial charge in [-0.25, -0.2) is 8.42 Å². The molecule has 0 spiro atoms. The van der Waals surface area contributed by atoms with Crippen LogP contribution in [0.1, 0.15) is 24.5 Å². The van der Waals surface area contributed by atoms with Gasteiger partial charge in [-0.15, -0.1) is 0 Å². The first-order valence-electron chi connectivity index (χ1n) is 6.01. The number of sulfonamides is 1. The summed E-state index contributed by atoms with van der Waals surface area (Å²) >= 11 is 0. The number of nitrogens with two attached hydrogens (primary N) is 1. The van der Waals surface area contributed by atoms with Crippen molar-refractivity contribution in [3.05, 3.63) is 29.3 Å². The van der Waals surface area contributed by atoms with Gasteiger partial charge in [0, 0.05) is 12.2 Å². The number of benzene rings is 1. The highest BCUT2D eigenvalue weighted by atomic mass is 32.2. The number of anilines is 1. The number of nitrogens with one attached hydrogen (secondary N) is 1. The summed E-state index contributed by atoms with van der Waals surface area (Å²) in [5, 5.41) is -0.835. The highest BCUT2D eigenvalue weighted by molar-refractivity contribution is 7.93. The van der Waals surface area contributed by atoms with E-state index < -0.39 is 27.0 Å². The Kier molecular flexibility index (Phi) is 5.04. The van der Waals surface area contributed by atoms with Crippen molar-refractivity contribution in [2.45, 2.75) is 31.7 Å². The summed E-state index contributed by atoms with van der Waals surface area (Å²) in [6, 6.07) is 3.31. The van der Waals surface area contributed by atoms with Crippen LogP contribution in [0.2, 0.25) is 0 Å². The normalized spacial score (nSPS) is 14.1. The van der Waals surface area contributed by atoms with Crippen LogP contribution in [0.4, 0.5) is 18.9 Å². The largest absolute Gasteiger partial charge is 0.416 e. The van der Waals surface area contributed by atoms with Gasteiger partial charge < -0.3 is 5.73 Å². The Hall–Kier alpha value is -1.28. The van der Waals surface area contributed by atoms with Crippen LogP contribution in [0.3, 0.4) is 0 Å². The van der Waals surface area contributed by atoms with Crippen LogP contribution in [-0.2, 0) is 16.2 Å². The zero-order valence-electron chi connectivity index (χ0n) is 11.2. The molecule has 1 atom stereocenters. The summed E-state index contributed by atoms with van der Waals surface area (Å²) < 4.78 is 64.3. The number of hydrogen-bond donors (Lipinski definition) is 2. The molecule has 0 fully saturated rings. The van der Waals surface area contributed by atoms with Gasteiger partial charge in [-0.2, -0.15) is 13.2 Å². The van der Waals surface area contributed by atoms with Gasteiger partial charge in [0.2, 0.25) is 10.0 Å². The summed E-state index contributed by atoms with van der Waals surface area (Å²) in [6.45, 7) is 2.87. The Bertz CT molecular complexity index is 567. The fourth-order valence-corrected chi connectivity index (χ4v) is 3.07. The van der Waals surface area contributed by atoms with E-state index in [0.717, 1.165) is 6.07 Å². The monoisotopic (exact) mass is 310 g/mol. The van der Waals surface area contributed by atoms with Crippen LogP contribution >= 0.6 is 0 Å². The molecule has 0 aliphatic carbocycles. The highest BCUT2D eigenvalue weighted by Crippen LogP contribution is 2.33. The van der Waals surface area contributed by atoms with Crippen LogP contribution in [-0.4, -0.2) is 20.2 Å². The lowest BCUT2D eigenvalue weighted by Gasteiger charge is -2.17. The molecule has 0 aliphatic heterocycles. The number of hydrogen-bond acceptors (Lipinski definition) is 3. The van der Waals surface area contributed by atoms with Crippen LogP contribution in [0, 0.1) is 6.92 Å². The van der Waals surface area contributed by atoms with E-state index in [1.165, 1.54) is 19.1 Å². The standard InChI is InChI=1S/C12H17F3N2O2S/c1-3-10(7-16)20(18,19)17-9-5-4-8(2)11(6-9)12(13,14)15/h4-6,10,17H,3,7,16H2,1-2H3. The summed E-state index contributed by atoms with van der Waals surface area (Å²) in [5.41, 5.74) is 4.40. The van der Waals surface area contributed by atoms with E-state index in [1.807, 2.05) is 0 Å². The van der Waals surface area contributed by atoms with Crippen LogP contribution in [0.5, 0.6) is 0 Å². The molecule has 114 valence electrons. The van der Waals surface area contributed by atoms with Gasteiger partial charge in [0.1, 0.15) is 0 Å². The van der Waals surface area contributed by atoms with Crippen LogP contribution in [0.25, 0.3) is 0 Å². The quantitative estimate of drug-likeness (QED) is 0.877. The minimum absolute atomic E-state index is 0.0336. The van der Waals surface area contributed by atoms with Crippen molar-refractivity contribution >= 4 is 15.7 Å². The zero-order valence-corrected chi connectivity index (χ0v) is 12.0. The lowest BCUT2D eigenvalue weighted by Crippen LogP contribution is -2.33. The van der Waals surface area contributed by atoms with Crippen molar-refractivity contribution < 1.29 is 21.6 Å². The minimum atomic E-state index is -4.52. The van der Waals surface area contributed by atoms with Gasteiger partial charge in [0.15, 0.2) is 0 Å². The fourth-order valence-electron chi connectivity index (χ4n) is 1.75. The Morgan fingerprint density at radius 3 is 2.40 bits per heavy atom. The summed E-state index contributed by atoms with van der Waals surface area (Å²) in [4.78, 5) is 0. The van der Waals surface area contributed by atoms with E-state index in [9.17, 15) is 21.6 Å². The SMILES string of the molecule is CCC(CN)S(=O)(=O)Nc1ccc(C)c(C(F)(F)F)c1. The molecular formula is C12H17F3N2O2S. The second kappa shape index (κ2) is 6.01. The van der Waals surface area contributed by atoms with E-state index in [-0.39, 0.29) is 24.2 Å². The highest BCUT2D eigenvalue weighted by Gasteiger charge is 2.33. The van der Waals surface area contributed by atoms with Gasteiger partial charge in [-0.1, -0.05) is 13.0 Å². The van der Waals surface area contributed by atoms with E-state index in [2.05, 4.69) is 4.72 Å². The van der Waals surface area contributed by atoms with Gasteiger partial charge in [0.05, 0.1) is 10.8 Å². The molecule has 0 saturated carbocycles. The van der Waals surface area contributed by atoms with Crippen molar-refractivity contribution in [1.29, 1.82) is 0 Å². The molecule has 3 N–H and O–H groups in total. The average Bonchev–Trinajstić information content (AvgIpc) is 2.31. The third kappa shape index (κ3) is 3.86. The van der Waals surface area contributed by atoms with E-state index in [1.54, 1.807) is 6.92 Å². The number of alkyl halides is 3. The third-order valence-corrected chi connectivity index (χ3v) is 4.88. The Labute approximate surface area is 116 Å². The third-order valence-electron chi connectivity index (χ3n) is 2.96. The maximum atomic E-state index is 12.8. The topological polar surface area (TPSA) is 72.2 Å². The molecule has 1 unspecified atom stereocenters. The van der Waals surface area contributed by atoms with Gasteiger partial charge in [-0.05, 0) is 31.0 Å². The molecule has 0 saturated heterocycles. The molecule has 0 amide bonds.